The largest absolute Gasteiger partial charge is 0.481 e. The van der Waals surface area contributed by atoms with E-state index in [9.17, 15) is 9.18 Å². The molecule has 4 nitrogen and oxygen atoms in total. The minimum Gasteiger partial charge on any atom is -0.481 e. The highest BCUT2D eigenvalue weighted by molar-refractivity contribution is 8.00. The Hall–Kier alpha value is -1.65. The predicted molar refractivity (Wildman–Crippen MR) is 84.2 cm³/mol. The molecule has 0 bridgehead atoms. The SMILES string of the molecule is C#CCSCCn1c(SCC(=O)O)nc2c(F)cccc21. The summed E-state index contributed by atoms with van der Waals surface area (Å²) in [7, 11) is 0. The Morgan fingerprint density at radius 3 is 3.05 bits per heavy atom. The lowest BCUT2D eigenvalue weighted by molar-refractivity contribution is -0.133. The van der Waals surface area contributed by atoms with Gasteiger partial charge in [0.2, 0.25) is 0 Å². The molecule has 0 atom stereocenters. The summed E-state index contributed by atoms with van der Waals surface area (Å²) in [5.41, 5.74) is 0.941. The number of carboxylic acids is 1. The zero-order chi connectivity index (χ0) is 15.2. The van der Waals surface area contributed by atoms with Gasteiger partial charge in [0.25, 0.3) is 0 Å². The number of para-hydroxylation sites is 1. The van der Waals surface area contributed by atoms with Gasteiger partial charge in [0.05, 0.1) is 17.0 Å². The van der Waals surface area contributed by atoms with E-state index in [0.717, 1.165) is 17.5 Å². The summed E-state index contributed by atoms with van der Waals surface area (Å²) in [6.45, 7) is 0.605. The number of hydrogen-bond donors (Lipinski definition) is 1. The highest BCUT2D eigenvalue weighted by Gasteiger charge is 2.15. The average Bonchev–Trinajstić information content (AvgIpc) is 2.81. The van der Waals surface area contributed by atoms with Gasteiger partial charge in [-0.05, 0) is 12.1 Å². The van der Waals surface area contributed by atoms with Gasteiger partial charge in [0, 0.05) is 12.3 Å². The number of thioether (sulfide) groups is 2. The standard InChI is InChI=1S/C14H13FN2O2S2/c1-2-7-20-8-6-17-11-5-3-4-10(15)13(11)16-14(17)21-9-12(18)19/h1,3-5H,6-9H2,(H,18,19). The summed E-state index contributed by atoms with van der Waals surface area (Å²) < 4.78 is 15.6. The van der Waals surface area contributed by atoms with E-state index in [1.165, 1.54) is 6.07 Å². The van der Waals surface area contributed by atoms with E-state index >= 15 is 0 Å². The van der Waals surface area contributed by atoms with Crippen molar-refractivity contribution < 1.29 is 14.3 Å². The highest BCUT2D eigenvalue weighted by Crippen LogP contribution is 2.26. The van der Waals surface area contributed by atoms with Gasteiger partial charge in [-0.2, -0.15) is 0 Å². The first kappa shape index (κ1) is 15.7. The molecule has 0 aliphatic carbocycles. The lowest BCUT2D eigenvalue weighted by Crippen LogP contribution is -2.05. The van der Waals surface area contributed by atoms with Gasteiger partial charge >= 0.3 is 5.97 Å². The Morgan fingerprint density at radius 1 is 1.52 bits per heavy atom. The van der Waals surface area contributed by atoms with Crippen molar-refractivity contribution in [3.05, 3.63) is 24.0 Å². The minimum atomic E-state index is -0.930. The predicted octanol–water partition coefficient (Wildman–Crippen LogP) is 2.72. The quantitative estimate of drug-likeness (QED) is 0.482. The Labute approximate surface area is 130 Å². The maximum Gasteiger partial charge on any atom is 0.313 e. The van der Waals surface area contributed by atoms with Crippen molar-refractivity contribution in [2.75, 3.05) is 17.3 Å². The zero-order valence-electron chi connectivity index (χ0n) is 11.1. The first-order valence-corrected chi connectivity index (χ1v) is 8.28. The summed E-state index contributed by atoms with van der Waals surface area (Å²) in [4.78, 5) is 14.9. The summed E-state index contributed by atoms with van der Waals surface area (Å²) in [5.74, 6) is 2.47. The van der Waals surface area contributed by atoms with Gasteiger partial charge in [-0.15, -0.1) is 18.2 Å². The maximum absolute atomic E-state index is 13.8. The van der Waals surface area contributed by atoms with Crippen LogP contribution >= 0.6 is 23.5 Å². The van der Waals surface area contributed by atoms with E-state index in [0.29, 0.717) is 23.0 Å². The molecule has 0 radical (unpaired) electrons. The average molecular weight is 324 g/mol. The summed E-state index contributed by atoms with van der Waals surface area (Å²) in [6, 6.07) is 4.75. The number of terminal acetylenes is 1. The molecule has 21 heavy (non-hydrogen) atoms. The molecule has 2 rings (SSSR count). The molecule has 0 aliphatic heterocycles. The number of carbonyl (C=O) groups is 1. The minimum absolute atomic E-state index is 0.109. The molecule has 0 saturated carbocycles. The number of halogens is 1. The van der Waals surface area contributed by atoms with Crippen LogP contribution in [-0.2, 0) is 11.3 Å². The van der Waals surface area contributed by atoms with Gasteiger partial charge in [-0.1, -0.05) is 23.7 Å². The molecule has 0 aliphatic rings. The van der Waals surface area contributed by atoms with E-state index in [4.69, 9.17) is 11.5 Å². The van der Waals surface area contributed by atoms with E-state index in [1.54, 1.807) is 23.9 Å². The van der Waals surface area contributed by atoms with Crippen molar-refractivity contribution in [3.8, 4) is 12.3 Å². The molecule has 1 N–H and O–H groups in total. The molecular formula is C14H13FN2O2S2. The monoisotopic (exact) mass is 324 g/mol. The van der Waals surface area contributed by atoms with E-state index in [2.05, 4.69) is 10.9 Å². The Morgan fingerprint density at radius 2 is 2.33 bits per heavy atom. The fraction of sp³-hybridized carbons (Fsp3) is 0.286. The number of benzene rings is 1. The lowest BCUT2D eigenvalue weighted by atomic mass is 10.3. The third-order valence-electron chi connectivity index (χ3n) is 2.66. The number of fused-ring (bicyclic) bond motifs is 1. The number of aromatic nitrogens is 2. The molecule has 7 heteroatoms. The molecule has 1 aromatic heterocycles. The summed E-state index contributed by atoms with van der Waals surface area (Å²) >= 11 is 2.68. The number of aliphatic carboxylic acids is 1. The van der Waals surface area contributed by atoms with Crippen molar-refractivity contribution in [1.82, 2.24) is 9.55 Å². The van der Waals surface area contributed by atoms with Crippen LogP contribution in [0.5, 0.6) is 0 Å². The normalized spacial score (nSPS) is 10.7. The van der Waals surface area contributed by atoms with Gasteiger partial charge in [-0.25, -0.2) is 9.37 Å². The summed E-state index contributed by atoms with van der Waals surface area (Å²) in [6.07, 6.45) is 5.20. The maximum atomic E-state index is 13.8. The second-order valence-corrected chi connectivity index (χ2v) is 6.14. The van der Waals surface area contributed by atoms with Crippen molar-refractivity contribution in [3.63, 3.8) is 0 Å². The van der Waals surface area contributed by atoms with Crippen LogP contribution in [0.3, 0.4) is 0 Å². The second kappa shape index (κ2) is 7.38. The Balaban J connectivity index is 2.28. The van der Waals surface area contributed by atoms with E-state index in [1.807, 2.05) is 4.57 Å². The van der Waals surface area contributed by atoms with Crippen molar-refractivity contribution in [2.45, 2.75) is 11.7 Å². The number of rotatable bonds is 7. The van der Waals surface area contributed by atoms with E-state index in [-0.39, 0.29) is 11.3 Å². The second-order valence-electron chi connectivity index (χ2n) is 4.09. The van der Waals surface area contributed by atoms with Crippen molar-refractivity contribution in [1.29, 1.82) is 0 Å². The molecule has 1 aromatic carbocycles. The smallest absolute Gasteiger partial charge is 0.313 e. The number of carboxylic acid groups (broad SMARTS) is 1. The fourth-order valence-corrected chi connectivity index (χ4v) is 3.16. The molecule has 2 aromatic rings. The van der Waals surface area contributed by atoms with Crippen LogP contribution in [0.25, 0.3) is 11.0 Å². The topological polar surface area (TPSA) is 55.1 Å². The van der Waals surface area contributed by atoms with Gasteiger partial charge in [-0.3, -0.25) is 4.79 Å². The fourth-order valence-electron chi connectivity index (χ4n) is 1.83. The van der Waals surface area contributed by atoms with Crippen LogP contribution in [0.15, 0.2) is 23.4 Å². The van der Waals surface area contributed by atoms with E-state index < -0.39 is 11.8 Å². The van der Waals surface area contributed by atoms with Crippen LogP contribution in [-0.4, -0.2) is 37.9 Å². The molecule has 1 heterocycles. The summed E-state index contributed by atoms with van der Waals surface area (Å²) in [5, 5.41) is 9.30. The van der Waals surface area contributed by atoms with Gasteiger partial charge in [0.15, 0.2) is 11.0 Å². The van der Waals surface area contributed by atoms with Gasteiger partial charge in [0.1, 0.15) is 5.52 Å². The van der Waals surface area contributed by atoms with Crippen LogP contribution in [0, 0.1) is 18.2 Å². The third kappa shape index (κ3) is 3.93. The third-order valence-corrected chi connectivity index (χ3v) is 4.47. The number of nitrogens with zero attached hydrogens (tertiary/aromatic N) is 2. The zero-order valence-corrected chi connectivity index (χ0v) is 12.7. The Bertz CT molecular complexity index is 694. The van der Waals surface area contributed by atoms with Gasteiger partial charge < -0.3 is 9.67 Å². The van der Waals surface area contributed by atoms with Crippen LogP contribution in [0.2, 0.25) is 0 Å². The molecule has 0 amide bonds. The van der Waals surface area contributed by atoms with Crippen LogP contribution < -0.4 is 0 Å². The highest BCUT2D eigenvalue weighted by atomic mass is 32.2. The van der Waals surface area contributed by atoms with Crippen LogP contribution in [0.4, 0.5) is 4.39 Å². The molecule has 0 saturated heterocycles. The molecular weight excluding hydrogens is 311 g/mol. The number of aryl methyl sites for hydroxylation is 1. The first-order valence-electron chi connectivity index (χ1n) is 6.14. The molecule has 0 spiro atoms. The van der Waals surface area contributed by atoms with Crippen molar-refractivity contribution >= 4 is 40.5 Å². The van der Waals surface area contributed by atoms with Crippen LogP contribution in [0.1, 0.15) is 0 Å². The lowest BCUT2D eigenvalue weighted by Gasteiger charge is -2.07. The molecule has 0 fully saturated rings. The Kier molecular flexibility index (Phi) is 5.53. The van der Waals surface area contributed by atoms with Crippen molar-refractivity contribution in [2.24, 2.45) is 0 Å². The number of imidazole rings is 1. The first-order chi connectivity index (χ1) is 10.1. The number of hydrogen-bond acceptors (Lipinski definition) is 4. The molecule has 110 valence electrons. The molecule has 0 unspecified atom stereocenters.